The number of carboxylic acid groups (broad SMARTS) is 1. The van der Waals surface area contributed by atoms with Crippen LogP contribution in [0.15, 0.2) is 11.0 Å². The molecule has 1 saturated carbocycles. The van der Waals surface area contributed by atoms with Crippen molar-refractivity contribution in [2.24, 2.45) is 0 Å². The Bertz CT molecular complexity index is 420. The molecule has 0 radical (unpaired) electrons. The molecule has 5 heteroatoms. The largest absolute Gasteiger partial charge is 0.477 e. The van der Waals surface area contributed by atoms with E-state index in [2.05, 4.69) is 10.2 Å². The third-order valence-electron chi connectivity index (χ3n) is 2.64. The zero-order chi connectivity index (χ0) is 10.1. The fourth-order valence-electron chi connectivity index (χ4n) is 1.66. The quantitative estimate of drug-likeness (QED) is 0.727. The first-order valence-electron chi connectivity index (χ1n) is 4.51. The minimum Gasteiger partial charge on any atom is -0.477 e. The summed E-state index contributed by atoms with van der Waals surface area (Å²) in [5.41, 5.74) is -0.181. The molecular formula is C9H10N2O3. The maximum absolute atomic E-state index is 11.2. The Kier molecular flexibility index (Phi) is 2.07. The highest BCUT2D eigenvalue weighted by Crippen LogP contribution is 2.36. The number of hydrogen-bond acceptors (Lipinski definition) is 3. The molecule has 0 unspecified atom stereocenters. The average Bonchev–Trinajstić information content (AvgIpc) is 1.99. The van der Waals surface area contributed by atoms with E-state index in [0.29, 0.717) is 5.56 Å². The normalized spacial score (nSPS) is 16.3. The van der Waals surface area contributed by atoms with Crippen molar-refractivity contribution < 1.29 is 9.90 Å². The van der Waals surface area contributed by atoms with E-state index >= 15 is 0 Å². The summed E-state index contributed by atoms with van der Waals surface area (Å²) in [6.45, 7) is 0. The van der Waals surface area contributed by atoms with Crippen LogP contribution in [0, 0.1) is 0 Å². The smallest absolute Gasteiger partial charge is 0.341 e. The molecule has 1 aromatic heterocycles. The molecule has 0 bridgehead atoms. The first-order valence-corrected chi connectivity index (χ1v) is 4.51. The summed E-state index contributed by atoms with van der Waals surface area (Å²) in [6.07, 6.45) is 4.45. The van der Waals surface area contributed by atoms with Gasteiger partial charge in [0.05, 0.1) is 6.20 Å². The summed E-state index contributed by atoms with van der Waals surface area (Å²) in [6, 6.07) is 0. The van der Waals surface area contributed by atoms with Crippen LogP contribution in [-0.2, 0) is 0 Å². The van der Waals surface area contributed by atoms with Crippen molar-refractivity contribution in [2.45, 2.75) is 25.2 Å². The van der Waals surface area contributed by atoms with E-state index in [-0.39, 0.29) is 11.5 Å². The molecule has 1 heterocycles. The van der Waals surface area contributed by atoms with Gasteiger partial charge in [-0.15, -0.1) is 0 Å². The standard InChI is InChI=1S/C9H10N2O3/c12-8-7(9(13)14)6(4-10-11-8)5-2-1-3-5/h4-5H,1-3H2,(H,11,12)(H,13,14). The molecule has 1 aliphatic carbocycles. The second-order valence-electron chi connectivity index (χ2n) is 3.46. The minimum absolute atomic E-state index is 0.148. The fraction of sp³-hybridized carbons (Fsp3) is 0.444. The Balaban J connectivity index is 2.52. The predicted molar refractivity (Wildman–Crippen MR) is 48.4 cm³/mol. The Hall–Kier alpha value is -1.65. The third-order valence-corrected chi connectivity index (χ3v) is 2.64. The highest BCUT2D eigenvalue weighted by molar-refractivity contribution is 5.89. The average molecular weight is 194 g/mol. The van der Waals surface area contributed by atoms with Gasteiger partial charge in [-0.1, -0.05) is 6.42 Å². The molecule has 1 aliphatic rings. The van der Waals surface area contributed by atoms with E-state index in [1.54, 1.807) is 0 Å². The number of rotatable bonds is 2. The first-order chi connectivity index (χ1) is 6.70. The van der Waals surface area contributed by atoms with Crippen LogP contribution in [0.25, 0.3) is 0 Å². The van der Waals surface area contributed by atoms with Gasteiger partial charge in [-0.25, -0.2) is 9.89 Å². The molecule has 1 fully saturated rings. The van der Waals surface area contributed by atoms with Crippen LogP contribution >= 0.6 is 0 Å². The molecule has 0 amide bonds. The van der Waals surface area contributed by atoms with Gasteiger partial charge < -0.3 is 5.11 Å². The summed E-state index contributed by atoms with van der Waals surface area (Å²) < 4.78 is 0. The number of H-pyrrole nitrogens is 1. The van der Waals surface area contributed by atoms with Crippen molar-refractivity contribution in [1.82, 2.24) is 10.2 Å². The maximum atomic E-state index is 11.2. The number of carbonyl (C=O) groups is 1. The van der Waals surface area contributed by atoms with Crippen molar-refractivity contribution in [3.05, 3.63) is 27.7 Å². The number of hydrogen-bond donors (Lipinski definition) is 2. The van der Waals surface area contributed by atoms with Gasteiger partial charge in [0.1, 0.15) is 5.56 Å². The highest BCUT2D eigenvalue weighted by Gasteiger charge is 2.26. The molecule has 0 saturated heterocycles. The zero-order valence-electron chi connectivity index (χ0n) is 7.49. The molecule has 2 N–H and O–H groups in total. The van der Waals surface area contributed by atoms with Gasteiger partial charge in [0.15, 0.2) is 0 Å². The van der Waals surface area contributed by atoms with Crippen LogP contribution in [-0.4, -0.2) is 21.3 Å². The van der Waals surface area contributed by atoms with Crippen LogP contribution < -0.4 is 5.56 Å². The molecule has 74 valence electrons. The molecule has 0 aliphatic heterocycles. The topological polar surface area (TPSA) is 83.0 Å². The van der Waals surface area contributed by atoms with Gasteiger partial charge >= 0.3 is 5.97 Å². The van der Waals surface area contributed by atoms with Gasteiger partial charge in [-0.2, -0.15) is 5.10 Å². The number of aromatic carboxylic acids is 1. The summed E-state index contributed by atoms with van der Waals surface area (Å²) in [4.78, 5) is 22.1. The Morgan fingerprint density at radius 3 is 2.79 bits per heavy atom. The molecular weight excluding hydrogens is 184 g/mol. The highest BCUT2D eigenvalue weighted by atomic mass is 16.4. The lowest BCUT2D eigenvalue weighted by molar-refractivity contribution is 0.0692. The monoisotopic (exact) mass is 194 g/mol. The molecule has 0 atom stereocenters. The number of aromatic nitrogens is 2. The van der Waals surface area contributed by atoms with Crippen LogP contribution in [0.5, 0.6) is 0 Å². The van der Waals surface area contributed by atoms with E-state index in [1.165, 1.54) is 6.20 Å². The second-order valence-corrected chi connectivity index (χ2v) is 3.46. The van der Waals surface area contributed by atoms with Crippen LogP contribution in [0.4, 0.5) is 0 Å². The lowest BCUT2D eigenvalue weighted by Gasteiger charge is -2.25. The zero-order valence-corrected chi connectivity index (χ0v) is 7.49. The van der Waals surface area contributed by atoms with E-state index in [0.717, 1.165) is 19.3 Å². The summed E-state index contributed by atoms with van der Waals surface area (Å²) >= 11 is 0. The summed E-state index contributed by atoms with van der Waals surface area (Å²) in [5.74, 6) is -0.966. The van der Waals surface area contributed by atoms with E-state index in [4.69, 9.17) is 5.11 Å². The van der Waals surface area contributed by atoms with Gasteiger partial charge in [-0.3, -0.25) is 4.79 Å². The minimum atomic E-state index is -1.17. The van der Waals surface area contributed by atoms with Crippen LogP contribution in [0.2, 0.25) is 0 Å². The summed E-state index contributed by atoms with van der Waals surface area (Å²) in [5, 5.41) is 14.6. The predicted octanol–water partition coefficient (Wildman–Crippen LogP) is 0.736. The van der Waals surface area contributed by atoms with E-state index in [9.17, 15) is 9.59 Å². The van der Waals surface area contributed by atoms with Gasteiger partial charge in [0, 0.05) is 0 Å². The van der Waals surface area contributed by atoms with Gasteiger partial charge in [0.25, 0.3) is 5.56 Å². The molecule has 0 spiro atoms. The molecule has 2 rings (SSSR count). The lowest BCUT2D eigenvalue weighted by Crippen LogP contribution is -2.24. The molecule has 0 aromatic carbocycles. The van der Waals surface area contributed by atoms with Gasteiger partial charge in [-0.05, 0) is 24.3 Å². The fourth-order valence-corrected chi connectivity index (χ4v) is 1.66. The van der Waals surface area contributed by atoms with Crippen molar-refractivity contribution in [3.8, 4) is 0 Å². The Labute approximate surface area is 79.8 Å². The Morgan fingerprint density at radius 1 is 1.57 bits per heavy atom. The lowest BCUT2D eigenvalue weighted by atomic mass is 9.79. The molecule has 1 aromatic rings. The van der Waals surface area contributed by atoms with Crippen molar-refractivity contribution >= 4 is 5.97 Å². The molecule has 5 nitrogen and oxygen atoms in total. The van der Waals surface area contributed by atoms with Crippen LogP contribution in [0.3, 0.4) is 0 Å². The number of aromatic amines is 1. The van der Waals surface area contributed by atoms with Crippen LogP contribution in [0.1, 0.15) is 41.1 Å². The van der Waals surface area contributed by atoms with Crippen molar-refractivity contribution in [1.29, 1.82) is 0 Å². The first kappa shape index (κ1) is 8.93. The van der Waals surface area contributed by atoms with Gasteiger partial charge in [0.2, 0.25) is 0 Å². The summed E-state index contributed by atoms with van der Waals surface area (Å²) in [7, 11) is 0. The van der Waals surface area contributed by atoms with Crippen molar-refractivity contribution in [3.63, 3.8) is 0 Å². The second kappa shape index (κ2) is 3.25. The SMILES string of the molecule is O=C(O)c1c(C2CCC2)cn[nH]c1=O. The van der Waals surface area contributed by atoms with E-state index in [1.807, 2.05) is 0 Å². The number of nitrogens with one attached hydrogen (secondary N) is 1. The maximum Gasteiger partial charge on any atom is 0.341 e. The number of carboxylic acids is 1. The number of nitrogens with zero attached hydrogens (tertiary/aromatic N) is 1. The van der Waals surface area contributed by atoms with Crippen molar-refractivity contribution in [2.75, 3.05) is 0 Å². The third kappa shape index (κ3) is 1.30. The molecule has 14 heavy (non-hydrogen) atoms. The van der Waals surface area contributed by atoms with E-state index < -0.39 is 11.5 Å². The Morgan fingerprint density at radius 2 is 2.29 bits per heavy atom.